The zero-order valence-electron chi connectivity index (χ0n) is 16.3. The maximum atomic E-state index is 16.0. The normalized spacial score (nSPS) is 11.9. The predicted octanol–water partition coefficient (Wildman–Crippen LogP) is 3.42. The van der Waals surface area contributed by atoms with Crippen LogP contribution in [-0.4, -0.2) is 29.7 Å². The van der Waals surface area contributed by atoms with Gasteiger partial charge in [-0.25, -0.2) is 14.2 Å². The summed E-state index contributed by atoms with van der Waals surface area (Å²) in [5.41, 5.74) is 0.419. The van der Waals surface area contributed by atoms with Crippen molar-refractivity contribution in [2.45, 2.75) is 12.1 Å². The van der Waals surface area contributed by atoms with E-state index in [9.17, 15) is 9.59 Å². The minimum absolute atomic E-state index is 0.186. The molecule has 0 aliphatic rings. The molecule has 0 bridgehead atoms. The number of carbonyl (C=O) groups excluding carboxylic acids is 1. The average molecular weight is 396 g/mol. The highest BCUT2D eigenvalue weighted by atomic mass is 19.1. The minimum atomic E-state index is -1.70. The molecule has 0 saturated heterocycles. The zero-order chi connectivity index (χ0) is 21.0. The van der Waals surface area contributed by atoms with Gasteiger partial charge in [0.05, 0.1) is 14.2 Å². The van der Waals surface area contributed by atoms with Crippen LogP contribution in [0.4, 0.5) is 4.39 Å². The quantitative estimate of drug-likeness (QED) is 0.597. The molecule has 0 aliphatic carbocycles. The molecular weight excluding hydrogens is 375 g/mol. The largest absolute Gasteiger partial charge is 0.489 e. The molecule has 0 aliphatic heterocycles. The Labute approximate surface area is 167 Å². The number of esters is 1. The molecule has 0 fully saturated rings. The Morgan fingerprint density at radius 3 is 1.97 bits per heavy atom. The number of methoxy groups -OCH3 is 2. The van der Waals surface area contributed by atoms with E-state index in [4.69, 9.17) is 4.74 Å². The lowest BCUT2D eigenvalue weighted by Gasteiger charge is -2.24. The van der Waals surface area contributed by atoms with Gasteiger partial charge in [0.25, 0.3) is 5.56 Å². The third-order valence-corrected chi connectivity index (χ3v) is 4.72. The predicted molar refractivity (Wildman–Crippen MR) is 106 cm³/mol. The first kappa shape index (κ1) is 20.3. The Hall–Kier alpha value is -3.48. The summed E-state index contributed by atoms with van der Waals surface area (Å²) in [5, 5.41) is 0. The topological polar surface area (TPSA) is 70.4 Å². The van der Waals surface area contributed by atoms with Gasteiger partial charge in [-0.05, 0) is 11.1 Å². The Balaban J connectivity index is 2.21. The van der Waals surface area contributed by atoms with Gasteiger partial charge in [0.15, 0.2) is 11.9 Å². The molecular formula is C22H21FN2O4. The van der Waals surface area contributed by atoms with Crippen molar-refractivity contribution in [3.63, 3.8) is 0 Å². The lowest BCUT2D eigenvalue weighted by Crippen LogP contribution is -2.29. The van der Waals surface area contributed by atoms with Crippen LogP contribution in [0.15, 0.2) is 65.5 Å². The number of halogens is 1. The molecule has 3 aromatic rings. The lowest BCUT2D eigenvalue weighted by molar-refractivity contribution is 0.0588. The van der Waals surface area contributed by atoms with Crippen molar-refractivity contribution in [2.24, 2.45) is 7.05 Å². The number of hydrogen-bond acceptors (Lipinski definition) is 5. The average Bonchev–Trinajstić information content (AvgIpc) is 2.76. The summed E-state index contributed by atoms with van der Waals surface area (Å²) < 4.78 is 26.8. The number of carbonyl (C=O) groups is 1. The van der Waals surface area contributed by atoms with Crippen molar-refractivity contribution in [1.82, 2.24) is 9.55 Å². The van der Waals surface area contributed by atoms with E-state index in [2.05, 4.69) is 9.72 Å². The monoisotopic (exact) mass is 396 g/mol. The van der Waals surface area contributed by atoms with Crippen LogP contribution in [-0.2, 0) is 11.8 Å². The minimum Gasteiger partial charge on any atom is -0.489 e. The SMILES string of the molecule is COC(=O)c1nc(C(F)C(c2ccccc2)c2ccccc2)n(C)c(=O)c1OC. The van der Waals surface area contributed by atoms with Crippen LogP contribution in [0.1, 0.15) is 39.5 Å². The van der Waals surface area contributed by atoms with E-state index in [1.807, 2.05) is 60.7 Å². The van der Waals surface area contributed by atoms with Crippen molar-refractivity contribution < 1.29 is 18.7 Å². The zero-order valence-corrected chi connectivity index (χ0v) is 16.3. The van der Waals surface area contributed by atoms with E-state index in [1.54, 1.807) is 0 Å². The maximum absolute atomic E-state index is 16.0. The molecule has 0 amide bonds. The first-order chi connectivity index (χ1) is 14.0. The fraction of sp³-hybridized carbons (Fsp3) is 0.227. The van der Waals surface area contributed by atoms with Crippen molar-refractivity contribution in [3.05, 3.63) is 93.7 Å². The molecule has 0 radical (unpaired) electrons. The molecule has 150 valence electrons. The molecule has 29 heavy (non-hydrogen) atoms. The number of alkyl halides is 1. The summed E-state index contributed by atoms with van der Waals surface area (Å²) in [6, 6.07) is 18.2. The molecule has 3 rings (SSSR count). The fourth-order valence-electron chi connectivity index (χ4n) is 3.26. The maximum Gasteiger partial charge on any atom is 0.360 e. The van der Waals surface area contributed by atoms with Gasteiger partial charge < -0.3 is 9.47 Å². The van der Waals surface area contributed by atoms with Gasteiger partial charge in [-0.2, -0.15) is 0 Å². The van der Waals surface area contributed by atoms with Gasteiger partial charge in [-0.3, -0.25) is 9.36 Å². The van der Waals surface area contributed by atoms with E-state index in [0.29, 0.717) is 0 Å². The third kappa shape index (κ3) is 3.89. The second-order valence-electron chi connectivity index (χ2n) is 6.41. The fourth-order valence-corrected chi connectivity index (χ4v) is 3.26. The third-order valence-electron chi connectivity index (χ3n) is 4.72. The summed E-state index contributed by atoms with van der Waals surface area (Å²) in [5.74, 6) is -2.07. The van der Waals surface area contributed by atoms with Gasteiger partial charge in [-0.15, -0.1) is 0 Å². The van der Waals surface area contributed by atoms with Gasteiger partial charge in [0.1, 0.15) is 5.82 Å². The summed E-state index contributed by atoms with van der Waals surface area (Å²) in [4.78, 5) is 28.9. The Morgan fingerprint density at radius 1 is 1.00 bits per heavy atom. The smallest absolute Gasteiger partial charge is 0.360 e. The molecule has 1 aromatic heterocycles. The highest BCUT2D eigenvalue weighted by Crippen LogP contribution is 2.38. The first-order valence-electron chi connectivity index (χ1n) is 8.96. The molecule has 1 atom stereocenters. The standard InChI is InChI=1S/C22H21FN2O4/c1-25-20(24-18(22(27)29-3)19(28-2)21(25)26)17(23)16(14-10-6-4-7-11-14)15-12-8-5-9-13-15/h4-13,16-17H,1-3H3. The molecule has 0 saturated carbocycles. The van der Waals surface area contributed by atoms with Crippen molar-refractivity contribution in [2.75, 3.05) is 14.2 Å². The Kier molecular flexibility index (Phi) is 6.07. The van der Waals surface area contributed by atoms with Crippen LogP contribution in [0.3, 0.4) is 0 Å². The van der Waals surface area contributed by atoms with E-state index in [0.717, 1.165) is 22.8 Å². The summed E-state index contributed by atoms with van der Waals surface area (Å²) in [6.07, 6.45) is -1.70. The second-order valence-corrected chi connectivity index (χ2v) is 6.41. The number of nitrogens with zero attached hydrogens (tertiary/aromatic N) is 2. The lowest BCUT2D eigenvalue weighted by atomic mass is 9.87. The molecule has 1 unspecified atom stereocenters. The van der Waals surface area contributed by atoms with E-state index in [-0.39, 0.29) is 17.3 Å². The van der Waals surface area contributed by atoms with Gasteiger partial charge in [0, 0.05) is 13.0 Å². The number of benzene rings is 2. The van der Waals surface area contributed by atoms with Crippen molar-refractivity contribution >= 4 is 5.97 Å². The molecule has 0 N–H and O–H groups in total. The summed E-state index contributed by atoms with van der Waals surface area (Å²) in [6.45, 7) is 0. The van der Waals surface area contributed by atoms with E-state index in [1.165, 1.54) is 14.2 Å². The van der Waals surface area contributed by atoms with Crippen LogP contribution in [0, 0.1) is 0 Å². The summed E-state index contributed by atoms with van der Waals surface area (Å²) >= 11 is 0. The van der Waals surface area contributed by atoms with Crippen LogP contribution in [0.2, 0.25) is 0 Å². The number of aromatic nitrogens is 2. The molecule has 7 heteroatoms. The van der Waals surface area contributed by atoms with Crippen molar-refractivity contribution in [3.8, 4) is 5.75 Å². The number of hydrogen-bond donors (Lipinski definition) is 0. The molecule has 2 aromatic carbocycles. The number of ether oxygens (including phenoxy) is 2. The van der Waals surface area contributed by atoms with Crippen molar-refractivity contribution in [1.29, 1.82) is 0 Å². The summed E-state index contributed by atoms with van der Waals surface area (Å²) in [7, 11) is 3.80. The van der Waals surface area contributed by atoms with Crippen LogP contribution in [0.5, 0.6) is 5.75 Å². The molecule has 6 nitrogen and oxygen atoms in total. The van der Waals surface area contributed by atoms with Crippen LogP contribution >= 0.6 is 0 Å². The molecule has 0 spiro atoms. The molecule has 1 heterocycles. The Morgan fingerprint density at radius 2 is 1.52 bits per heavy atom. The first-order valence-corrected chi connectivity index (χ1v) is 8.96. The Bertz CT molecular complexity index is 1010. The number of rotatable bonds is 6. The van der Waals surface area contributed by atoms with Crippen LogP contribution < -0.4 is 10.3 Å². The van der Waals surface area contributed by atoms with Crippen LogP contribution in [0.25, 0.3) is 0 Å². The van der Waals surface area contributed by atoms with E-state index < -0.39 is 23.6 Å². The second kappa shape index (κ2) is 8.68. The highest BCUT2D eigenvalue weighted by molar-refractivity contribution is 5.90. The van der Waals surface area contributed by atoms with Gasteiger partial charge in [-0.1, -0.05) is 60.7 Å². The van der Waals surface area contributed by atoms with Gasteiger partial charge in [0.2, 0.25) is 5.75 Å². The van der Waals surface area contributed by atoms with E-state index >= 15 is 4.39 Å². The highest BCUT2D eigenvalue weighted by Gasteiger charge is 2.32. The van der Waals surface area contributed by atoms with Gasteiger partial charge >= 0.3 is 5.97 Å².